The Labute approximate surface area is 77.1 Å². The smallest absolute Gasteiger partial charge is 0.0537 e. The summed E-state index contributed by atoms with van der Waals surface area (Å²) >= 11 is 0. The minimum atomic E-state index is 0.366. The fourth-order valence-electron chi connectivity index (χ4n) is 2.23. The van der Waals surface area contributed by atoms with Gasteiger partial charge in [-0.15, -0.1) is 0 Å². The molecular formula is C6H16N4P2. The second-order valence-corrected chi connectivity index (χ2v) is 5.72. The number of nitrogens with zero attached hydrogens (tertiary/aromatic N) is 3. The van der Waals surface area contributed by atoms with Crippen molar-refractivity contribution in [2.45, 2.75) is 0 Å². The van der Waals surface area contributed by atoms with Gasteiger partial charge in [0, 0.05) is 18.9 Å². The van der Waals surface area contributed by atoms with E-state index in [0.717, 1.165) is 0 Å². The van der Waals surface area contributed by atoms with Crippen LogP contribution >= 0.6 is 17.3 Å². The Hall–Kier alpha value is 0.700. The maximum Gasteiger partial charge on any atom is 0.0537 e. The first-order valence-corrected chi connectivity index (χ1v) is 6.69. The molecule has 0 aromatic rings. The summed E-state index contributed by atoms with van der Waals surface area (Å²) in [5, 5.41) is 0. The summed E-state index contributed by atoms with van der Waals surface area (Å²) in [6.07, 6.45) is 4.26. The van der Waals surface area contributed by atoms with E-state index >= 15 is 0 Å². The summed E-state index contributed by atoms with van der Waals surface area (Å²) in [4.78, 5) is 7.71. The molecule has 6 heteroatoms. The van der Waals surface area contributed by atoms with Gasteiger partial charge in [0.15, 0.2) is 0 Å². The molecule has 0 aromatic heterocycles. The second-order valence-electron chi connectivity index (χ2n) is 3.53. The second kappa shape index (κ2) is 3.83. The Morgan fingerprint density at radius 3 is 1.42 bits per heavy atom. The highest BCUT2D eigenvalue weighted by atomic mass is 31.1. The summed E-state index contributed by atoms with van der Waals surface area (Å²) < 4.78 is 0. The third kappa shape index (κ3) is 1.65. The largest absolute Gasteiger partial charge is 0.314 e. The van der Waals surface area contributed by atoms with Crippen LogP contribution in [0.4, 0.5) is 0 Å². The van der Waals surface area contributed by atoms with Crippen LogP contribution in [0.15, 0.2) is 0 Å². The Morgan fingerprint density at radius 2 is 1.17 bits per heavy atom. The Bertz CT molecular complexity index is 109. The summed E-state index contributed by atoms with van der Waals surface area (Å²) in [6.45, 7) is 3.74. The first-order valence-electron chi connectivity index (χ1n) is 4.13. The maximum atomic E-state index is 4.42. The third-order valence-corrected chi connectivity index (χ3v) is 4.80. The van der Waals surface area contributed by atoms with Crippen molar-refractivity contribution >= 4 is 17.3 Å². The highest BCUT2D eigenvalue weighted by molar-refractivity contribution is 7.57. The zero-order chi connectivity index (χ0) is 8.55. The van der Waals surface area contributed by atoms with Crippen LogP contribution in [-0.4, -0.2) is 53.6 Å². The van der Waals surface area contributed by atoms with Crippen LogP contribution in [0.3, 0.4) is 0 Å². The van der Waals surface area contributed by atoms with Crippen LogP contribution in [-0.2, 0) is 0 Å². The van der Waals surface area contributed by atoms with Gasteiger partial charge in [-0.05, 0) is 0 Å². The molecule has 0 radical (unpaired) electrons. The quantitative estimate of drug-likeness (QED) is 0.561. The zero-order valence-corrected chi connectivity index (χ0v) is 9.24. The first kappa shape index (κ1) is 9.26. The molecule has 4 saturated heterocycles. The van der Waals surface area contributed by atoms with Gasteiger partial charge in [0.05, 0.1) is 20.0 Å². The Kier molecular flexibility index (Phi) is 2.96. The highest BCUT2D eigenvalue weighted by Crippen LogP contribution is 2.46. The van der Waals surface area contributed by atoms with Crippen molar-refractivity contribution in [2.24, 2.45) is 5.50 Å². The van der Waals surface area contributed by atoms with Gasteiger partial charge in [-0.2, -0.15) is 0 Å². The average molecular weight is 206 g/mol. The van der Waals surface area contributed by atoms with Crippen LogP contribution in [0, 0.1) is 0 Å². The van der Waals surface area contributed by atoms with E-state index in [1.165, 1.54) is 38.9 Å². The van der Waals surface area contributed by atoms with E-state index in [4.69, 9.17) is 0 Å². The molecule has 4 rings (SSSR count). The van der Waals surface area contributed by atoms with E-state index in [0.29, 0.717) is 7.92 Å². The first-order chi connectivity index (χ1) is 5.90. The molecule has 4 aliphatic rings. The molecule has 70 valence electrons. The summed E-state index contributed by atoms with van der Waals surface area (Å²) in [5.41, 5.74) is 4.42. The van der Waals surface area contributed by atoms with E-state index in [1.807, 2.05) is 9.39 Å². The predicted molar refractivity (Wildman–Crippen MR) is 55.5 cm³/mol. The van der Waals surface area contributed by atoms with Crippen LogP contribution < -0.4 is 5.50 Å². The normalized spacial score (nSPS) is 48.5. The van der Waals surface area contributed by atoms with Crippen LogP contribution in [0.1, 0.15) is 0 Å². The van der Waals surface area contributed by atoms with Crippen molar-refractivity contribution in [1.29, 1.82) is 0 Å². The van der Waals surface area contributed by atoms with Crippen LogP contribution in [0.2, 0.25) is 0 Å². The molecule has 4 heterocycles. The fraction of sp³-hybridized carbons (Fsp3) is 1.00. The SMILES string of the molecule is C1N2CN3CN1CP(C2)C3.NP. The lowest BCUT2D eigenvalue weighted by molar-refractivity contribution is -0.0250. The van der Waals surface area contributed by atoms with Crippen molar-refractivity contribution in [3.05, 3.63) is 0 Å². The van der Waals surface area contributed by atoms with Crippen molar-refractivity contribution in [2.75, 3.05) is 38.9 Å². The topological polar surface area (TPSA) is 35.7 Å². The van der Waals surface area contributed by atoms with Crippen molar-refractivity contribution in [1.82, 2.24) is 14.7 Å². The van der Waals surface area contributed by atoms with Crippen LogP contribution in [0.5, 0.6) is 0 Å². The lowest BCUT2D eigenvalue weighted by Crippen LogP contribution is -2.62. The molecule has 1 atom stereocenters. The monoisotopic (exact) mass is 206 g/mol. The van der Waals surface area contributed by atoms with Gasteiger partial charge in [-0.25, -0.2) is 0 Å². The maximum absolute atomic E-state index is 4.42. The third-order valence-electron chi connectivity index (χ3n) is 2.40. The molecule has 0 saturated carbocycles. The summed E-state index contributed by atoms with van der Waals surface area (Å²) in [5.74, 6) is 0. The molecule has 0 aromatic carbocycles. The minimum Gasteiger partial charge on any atom is -0.314 e. The van der Waals surface area contributed by atoms with Gasteiger partial charge in [0.25, 0.3) is 0 Å². The highest BCUT2D eigenvalue weighted by Gasteiger charge is 2.37. The number of hydrogen-bond donors (Lipinski definition) is 1. The molecule has 4 nitrogen and oxygen atoms in total. The average Bonchev–Trinajstić information content (AvgIpc) is 2.05. The van der Waals surface area contributed by atoms with Crippen molar-refractivity contribution in [3.8, 4) is 0 Å². The van der Waals surface area contributed by atoms with E-state index in [2.05, 4.69) is 20.2 Å². The van der Waals surface area contributed by atoms with Gasteiger partial charge in [0.2, 0.25) is 0 Å². The number of rotatable bonds is 0. The molecule has 0 amide bonds. The molecular weight excluding hydrogens is 190 g/mol. The van der Waals surface area contributed by atoms with Crippen molar-refractivity contribution in [3.63, 3.8) is 0 Å². The zero-order valence-electron chi connectivity index (χ0n) is 7.19. The Balaban J connectivity index is 0.000000264. The molecule has 2 N–H and O–H groups in total. The van der Waals surface area contributed by atoms with E-state index < -0.39 is 0 Å². The molecule has 0 aliphatic carbocycles. The van der Waals surface area contributed by atoms with E-state index in [9.17, 15) is 0 Å². The van der Waals surface area contributed by atoms with E-state index in [1.54, 1.807) is 0 Å². The molecule has 4 aliphatic heterocycles. The predicted octanol–water partition coefficient (Wildman–Crippen LogP) is -0.105. The van der Waals surface area contributed by atoms with Gasteiger partial charge in [0.1, 0.15) is 0 Å². The number of hydrogen-bond acceptors (Lipinski definition) is 4. The van der Waals surface area contributed by atoms with E-state index in [-0.39, 0.29) is 0 Å². The minimum absolute atomic E-state index is 0.366. The standard InChI is InChI=1S/C6H12N3P.H4NP/c1-7-2-9-3-8(1)5-10(4-7)6-9;1-2/h1-6H2;1-2H2. The lowest BCUT2D eigenvalue weighted by Gasteiger charge is -2.54. The number of nitrogens with two attached hydrogens (primary N) is 1. The molecule has 0 spiro atoms. The van der Waals surface area contributed by atoms with Gasteiger partial charge >= 0.3 is 0 Å². The lowest BCUT2D eigenvalue weighted by atomic mass is 10.5. The van der Waals surface area contributed by atoms with Gasteiger partial charge in [-0.3, -0.25) is 14.7 Å². The summed E-state index contributed by atoms with van der Waals surface area (Å²) in [6, 6.07) is 0. The van der Waals surface area contributed by atoms with Gasteiger partial charge in [-0.1, -0.05) is 17.3 Å². The molecule has 4 fully saturated rings. The van der Waals surface area contributed by atoms with Crippen molar-refractivity contribution < 1.29 is 0 Å². The van der Waals surface area contributed by atoms with Crippen LogP contribution in [0.25, 0.3) is 0 Å². The molecule has 4 bridgehead atoms. The fourth-order valence-corrected chi connectivity index (χ4v) is 4.74. The summed E-state index contributed by atoms with van der Waals surface area (Å²) in [7, 11) is 2.28. The molecule has 1 unspecified atom stereocenters. The molecule has 12 heavy (non-hydrogen) atoms. The van der Waals surface area contributed by atoms with Gasteiger partial charge < -0.3 is 5.50 Å². The Morgan fingerprint density at radius 1 is 0.833 bits per heavy atom.